The lowest BCUT2D eigenvalue weighted by Crippen LogP contribution is -2.43. The summed E-state index contributed by atoms with van der Waals surface area (Å²) in [6.07, 6.45) is 3.30. The quantitative estimate of drug-likeness (QED) is 0.507. The maximum absolute atomic E-state index is 12.5. The summed E-state index contributed by atoms with van der Waals surface area (Å²) >= 11 is 0. The summed E-state index contributed by atoms with van der Waals surface area (Å²) in [4.78, 5) is 31.1. The highest BCUT2D eigenvalue weighted by atomic mass is 16.5. The van der Waals surface area contributed by atoms with Crippen LogP contribution in [0.15, 0.2) is 59.3 Å². The van der Waals surface area contributed by atoms with Crippen molar-refractivity contribution < 1.29 is 14.1 Å². The van der Waals surface area contributed by atoms with E-state index in [9.17, 15) is 9.59 Å². The maximum atomic E-state index is 12.5. The molecular weight excluding hydrogens is 420 g/mol. The van der Waals surface area contributed by atoms with Crippen LogP contribution in [0.1, 0.15) is 35.0 Å². The molecule has 9 heteroatoms. The first kappa shape index (κ1) is 20.9. The number of piperidine rings is 1. The van der Waals surface area contributed by atoms with Gasteiger partial charge < -0.3 is 14.7 Å². The highest BCUT2D eigenvalue weighted by molar-refractivity contribution is 5.96. The van der Waals surface area contributed by atoms with E-state index in [0.717, 1.165) is 29.3 Å². The molecule has 3 heterocycles. The molecule has 1 saturated heterocycles. The number of carbonyl (C=O) groups excluding carboxylic acids is 2. The zero-order valence-electron chi connectivity index (χ0n) is 18.3. The summed E-state index contributed by atoms with van der Waals surface area (Å²) in [5.41, 5.74) is 2.42. The van der Waals surface area contributed by atoms with Gasteiger partial charge in [-0.2, -0.15) is 10.1 Å². The van der Waals surface area contributed by atoms with Crippen molar-refractivity contribution in [3.63, 3.8) is 0 Å². The van der Waals surface area contributed by atoms with Crippen molar-refractivity contribution in [2.24, 2.45) is 7.05 Å². The fraction of sp³-hybridized carbons (Fsp3) is 0.292. The van der Waals surface area contributed by atoms with Crippen LogP contribution < -0.4 is 5.32 Å². The number of aryl methyl sites for hydroxylation is 1. The molecule has 1 aliphatic heterocycles. The van der Waals surface area contributed by atoms with Crippen molar-refractivity contribution in [2.45, 2.75) is 18.8 Å². The van der Waals surface area contributed by atoms with Crippen molar-refractivity contribution in [1.29, 1.82) is 0 Å². The van der Waals surface area contributed by atoms with Crippen LogP contribution in [0.5, 0.6) is 0 Å². The van der Waals surface area contributed by atoms with E-state index in [0.29, 0.717) is 30.4 Å². The van der Waals surface area contributed by atoms with Crippen molar-refractivity contribution in [3.05, 3.63) is 66.2 Å². The van der Waals surface area contributed by atoms with Gasteiger partial charge in [-0.15, -0.1) is 0 Å². The molecule has 0 spiro atoms. The molecule has 1 aliphatic rings. The lowest BCUT2D eigenvalue weighted by molar-refractivity contribution is -0.131. The number of carbonyl (C=O) groups is 2. The maximum Gasteiger partial charge on any atom is 0.251 e. The number of rotatable bonds is 5. The van der Waals surface area contributed by atoms with Gasteiger partial charge in [-0.3, -0.25) is 14.3 Å². The zero-order chi connectivity index (χ0) is 22.8. The minimum absolute atomic E-state index is 0.0143. The van der Waals surface area contributed by atoms with Crippen LogP contribution in [0.25, 0.3) is 22.3 Å². The molecule has 2 aromatic heterocycles. The Morgan fingerprint density at radius 2 is 1.91 bits per heavy atom. The Labute approximate surface area is 190 Å². The summed E-state index contributed by atoms with van der Waals surface area (Å²) < 4.78 is 7.38. The molecule has 2 amide bonds. The molecule has 0 atom stereocenters. The number of benzene rings is 2. The lowest BCUT2D eigenvalue weighted by Gasteiger charge is -2.30. The van der Waals surface area contributed by atoms with Gasteiger partial charge in [0.15, 0.2) is 0 Å². The molecule has 4 aromatic rings. The van der Waals surface area contributed by atoms with Gasteiger partial charge >= 0.3 is 0 Å². The van der Waals surface area contributed by atoms with Gasteiger partial charge in [-0.1, -0.05) is 35.5 Å². The second-order valence-corrected chi connectivity index (χ2v) is 8.20. The molecule has 9 nitrogen and oxygen atoms in total. The Kier molecular flexibility index (Phi) is 5.60. The standard InChI is InChI=1S/C24H24N6O3/c1-29-20-13-18(7-8-19(20)14-26-29)22-27-24(33-28-22)17-9-11-30(12-10-17)21(31)15-25-23(32)16-5-3-2-4-6-16/h2-8,13-14,17H,9-12,15H2,1H3,(H,25,32). The Morgan fingerprint density at radius 3 is 2.70 bits per heavy atom. The first-order valence-electron chi connectivity index (χ1n) is 11.0. The average Bonchev–Trinajstić information content (AvgIpc) is 3.50. The molecule has 0 saturated carbocycles. The first-order chi connectivity index (χ1) is 16.1. The highest BCUT2D eigenvalue weighted by Crippen LogP contribution is 2.29. The third-order valence-corrected chi connectivity index (χ3v) is 6.08. The van der Waals surface area contributed by atoms with E-state index in [1.807, 2.05) is 42.2 Å². The smallest absolute Gasteiger partial charge is 0.251 e. The van der Waals surface area contributed by atoms with Crippen molar-refractivity contribution in [3.8, 4) is 11.4 Å². The van der Waals surface area contributed by atoms with Crippen LogP contribution in [0, 0.1) is 0 Å². The van der Waals surface area contributed by atoms with Gasteiger partial charge in [-0.25, -0.2) is 0 Å². The predicted octanol–water partition coefficient (Wildman–Crippen LogP) is 2.76. The Morgan fingerprint density at radius 1 is 1.12 bits per heavy atom. The van der Waals surface area contributed by atoms with E-state index in [-0.39, 0.29) is 24.3 Å². The molecule has 0 unspecified atom stereocenters. The minimum atomic E-state index is -0.249. The van der Waals surface area contributed by atoms with E-state index in [1.54, 1.807) is 29.2 Å². The van der Waals surface area contributed by atoms with Crippen LogP contribution >= 0.6 is 0 Å². The van der Waals surface area contributed by atoms with Crippen LogP contribution in [0.4, 0.5) is 0 Å². The Hall–Kier alpha value is -4.01. The summed E-state index contributed by atoms with van der Waals surface area (Å²) in [5.74, 6) is 0.916. The van der Waals surface area contributed by atoms with Crippen molar-refractivity contribution in [2.75, 3.05) is 19.6 Å². The summed E-state index contributed by atoms with van der Waals surface area (Å²) in [5, 5.41) is 12.2. The summed E-state index contributed by atoms with van der Waals surface area (Å²) in [6, 6.07) is 14.8. The van der Waals surface area contributed by atoms with E-state index in [2.05, 4.69) is 20.6 Å². The van der Waals surface area contributed by atoms with Crippen LogP contribution in [-0.4, -0.2) is 56.3 Å². The molecule has 1 N–H and O–H groups in total. The van der Waals surface area contributed by atoms with Crippen LogP contribution in [-0.2, 0) is 11.8 Å². The SMILES string of the molecule is Cn1ncc2ccc(-c3noc(C4CCN(C(=O)CNC(=O)c5ccccc5)CC4)n3)cc21. The van der Waals surface area contributed by atoms with Gasteiger partial charge in [0.05, 0.1) is 18.3 Å². The molecule has 0 aliphatic carbocycles. The number of hydrogen-bond acceptors (Lipinski definition) is 6. The van der Waals surface area contributed by atoms with E-state index in [4.69, 9.17) is 4.52 Å². The number of amides is 2. The predicted molar refractivity (Wildman–Crippen MR) is 121 cm³/mol. The number of hydrogen-bond donors (Lipinski definition) is 1. The van der Waals surface area contributed by atoms with Crippen LogP contribution in [0.2, 0.25) is 0 Å². The third-order valence-electron chi connectivity index (χ3n) is 6.08. The van der Waals surface area contributed by atoms with Crippen molar-refractivity contribution >= 4 is 22.7 Å². The second-order valence-electron chi connectivity index (χ2n) is 8.20. The Balaban J connectivity index is 1.16. The largest absolute Gasteiger partial charge is 0.343 e. The minimum Gasteiger partial charge on any atom is -0.343 e. The number of likely N-dealkylation sites (tertiary alicyclic amines) is 1. The molecule has 0 radical (unpaired) electrons. The average molecular weight is 444 g/mol. The first-order valence-corrected chi connectivity index (χ1v) is 11.0. The molecule has 168 valence electrons. The lowest BCUT2D eigenvalue weighted by atomic mass is 9.96. The van der Waals surface area contributed by atoms with E-state index in [1.165, 1.54) is 0 Å². The number of aromatic nitrogens is 4. The molecule has 2 aromatic carbocycles. The molecule has 1 fully saturated rings. The van der Waals surface area contributed by atoms with E-state index < -0.39 is 0 Å². The fourth-order valence-electron chi connectivity index (χ4n) is 4.14. The summed E-state index contributed by atoms with van der Waals surface area (Å²) in [7, 11) is 1.90. The Bertz CT molecular complexity index is 1290. The second kappa shape index (κ2) is 8.85. The fourth-order valence-corrected chi connectivity index (χ4v) is 4.14. The molecule has 5 rings (SSSR count). The normalized spacial score (nSPS) is 14.5. The van der Waals surface area contributed by atoms with Gasteiger partial charge in [0, 0.05) is 42.6 Å². The van der Waals surface area contributed by atoms with Gasteiger partial charge in [0.25, 0.3) is 5.91 Å². The van der Waals surface area contributed by atoms with E-state index >= 15 is 0 Å². The van der Waals surface area contributed by atoms with Crippen molar-refractivity contribution in [1.82, 2.24) is 30.1 Å². The molecule has 33 heavy (non-hydrogen) atoms. The van der Waals surface area contributed by atoms with Gasteiger partial charge in [0.1, 0.15) is 0 Å². The number of nitrogens with zero attached hydrogens (tertiary/aromatic N) is 5. The number of nitrogens with one attached hydrogen (secondary N) is 1. The third kappa shape index (κ3) is 4.34. The zero-order valence-corrected chi connectivity index (χ0v) is 18.3. The van der Waals surface area contributed by atoms with Gasteiger partial charge in [-0.05, 0) is 31.0 Å². The molecular formula is C24H24N6O3. The highest BCUT2D eigenvalue weighted by Gasteiger charge is 2.28. The van der Waals surface area contributed by atoms with Gasteiger partial charge in [0.2, 0.25) is 17.6 Å². The van der Waals surface area contributed by atoms with Crippen LogP contribution in [0.3, 0.4) is 0 Å². The molecule has 0 bridgehead atoms. The number of fused-ring (bicyclic) bond motifs is 1. The topological polar surface area (TPSA) is 106 Å². The summed E-state index contributed by atoms with van der Waals surface area (Å²) in [6.45, 7) is 1.16. The monoisotopic (exact) mass is 444 g/mol.